The molecule has 0 radical (unpaired) electrons. The Bertz CT molecular complexity index is 1310. The summed E-state index contributed by atoms with van der Waals surface area (Å²) in [5, 5.41) is 36.2. The topological polar surface area (TPSA) is 118 Å². The summed E-state index contributed by atoms with van der Waals surface area (Å²) >= 11 is 1.52. The third-order valence-electron chi connectivity index (χ3n) is 6.38. The number of morpholine rings is 1. The number of thiophene rings is 1. The number of amides is 1. The number of carbonyl (C=O) groups is 1. The third-order valence-corrected chi connectivity index (χ3v) is 7.64. The SMILES string of the molecule is C/C(=C(/C#N)C(=O)NCC(O)CO)c1ccc(-c2ccc3cc(NCCN4CCOCC4)ccc3c2)s1.CC. The Morgan fingerprint density at radius 1 is 1.13 bits per heavy atom. The van der Waals surface area contributed by atoms with Crippen LogP contribution in [0, 0.1) is 11.3 Å². The number of aliphatic hydroxyl groups is 2. The van der Waals surface area contributed by atoms with Gasteiger partial charge in [0.2, 0.25) is 0 Å². The molecule has 0 spiro atoms. The van der Waals surface area contributed by atoms with Gasteiger partial charge in [-0.05, 0) is 59.2 Å². The second kappa shape index (κ2) is 15.4. The van der Waals surface area contributed by atoms with E-state index in [1.165, 1.54) is 11.3 Å². The summed E-state index contributed by atoms with van der Waals surface area (Å²) in [5.74, 6) is -0.567. The average Bonchev–Trinajstić information content (AvgIpc) is 3.48. The highest BCUT2D eigenvalue weighted by molar-refractivity contribution is 7.16. The van der Waals surface area contributed by atoms with Crippen LogP contribution in [0.25, 0.3) is 26.8 Å². The molecule has 0 aliphatic carbocycles. The van der Waals surface area contributed by atoms with Gasteiger partial charge in [0.15, 0.2) is 0 Å². The molecule has 1 fully saturated rings. The highest BCUT2D eigenvalue weighted by Crippen LogP contribution is 2.34. The van der Waals surface area contributed by atoms with Crippen molar-refractivity contribution in [3.63, 3.8) is 0 Å². The van der Waals surface area contributed by atoms with Gasteiger partial charge in [-0.1, -0.05) is 32.0 Å². The van der Waals surface area contributed by atoms with E-state index in [0.29, 0.717) is 5.57 Å². The van der Waals surface area contributed by atoms with Crippen molar-refractivity contribution >= 4 is 39.3 Å². The molecule has 1 aromatic heterocycles. The molecule has 1 aliphatic heterocycles. The number of hydrogen-bond donors (Lipinski definition) is 4. The number of hydrogen-bond acceptors (Lipinski definition) is 8. The standard InChI is InChI=1S/C28H32N4O4S.C2H6/c1-19(25(16-29)28(35)31-17-24(34)18-33)26-6-7-27(37-26)22-3-2-21-15-23(5-4-20(21)14-22)30-8-9-32-10-12-36-13-11-32;1-2/h2-7,14-15,24,30,33-34H,8-13,17-18H2,1H3,(H,31,35);1-2H3/b25-19+;. The molecule has 208 valence electrons. The molecule has 2 aromatic carbocycles. The van der Waals surface area contributed by atoms with Crippen LogP contribution in [0.2, 0.25) is 0 Å². The minimum Gasteiger partial charge on any atom is -0.394 e. The van der Waals surface area contributed by atoms with Gasteiger partial charge in [-0.3, -0.25) is 9.69 Å². The van der Waals surface area contributed by atoms with Crippen molar-refractivity contribution in [3.8, 4) is 16.5 Å². The first-order valence-corrected chi connectivity index (χ1v) is 14.2. The molecule has 3 aromatic rings. The molecule has 9 heteroatoms. The lowest BCUT2D eigenvalue weighted by Crippen LogP contribution is -2.38. The first-order valence-electron chi connectivity index (χ1n) is 13.3. The number of carbonyl (C=O) groups excluding carboxylic acids is 1. The van der Waals surface area contributed by atoms with Crippen molar-refractivity contribution in [2.75, 3.05) is 57.9 Å². The van der Waals surface area contributed by atoms with Crippen LogP contribution in [0.1, 0.15) is 25.6 Å². The van der Waals surface area contributed by atoms with Crippen LogP contribution in [0.3, 0.4) is 0 Å². The maximum absolute atomic E-state index is 12.4. The fraction of sp³-hybridized carbons (Fsp3) is 0.400. The van der Waals surface area contributed by atoms with Crippen molar-refractivity contribution in [2.24, 2.45) is 0 Å². The van der Waals surface area contributed by atoms with Crippen molar-refractivity contribution in [3.05, 3.63) is 59.0 Å². The van der Waals surface area contributed by atoms with E-state index in [-0.39, 0.29) is 12.1 Å². The predicted octanol–water partition coefficient (Wildman–Crippen LogP) is 4.11. The zero-order chi connectivity index (χ0) is 28.2. The Kier molecular flexibility index (Phi) is 11.9. The van der Waals surface area contributed by atoms with Crippen molar-refractivity contribution < 1.29 is 19.7 Å². The average molecular weight is 551 g/mol. The van der Waals surface area contributed by atoms with E-state index in [4.69, 9.17) is 9.84 Å². The lowest BCUT2D eigenvalue weighted by Gasteiger charge is -2.26. The van der Waals surface area contributed by atoms with E-state index in [1.807, 2.05) is 32.0 Å². The maximum atomic E-state index is 12.4. The van der Waals surface area contributed by atoms with Crippen LogP contribution < -0.4 is 10.6 Å². The number of nitrogens with one attached hydrogen (secondary N) is 2. The van der Waals surface area contributed by atoms with Crippen LogP contribution in [0.5, 0.6) is 0 Å². The Morgan fingerprint density at radius 2 is 1.85 bits per heavy atom. The first-order chi connectivity index (χ1) is 19.0. The molecule has 8 nitrogen and oxygen atoms in total. The van der Waals surface area contributed by atoms with Crippen molar-refractivity contribution in [2.45, 2.75) is 26.9 Å². The first kappa shape index (κ1) is 30.3. The summed E-state index contributed by atoms with van der Waals surface area (Å²) < 4.78 is 5.40. The summed E-state index contributed by atoms with van der Waals surface area (Å²) in [6.45, 7) is 10.6. The molecule has 1 atom stereocenters. The van der Waals surface area contributed by atoms with Gasteiger partial charge >= 0.3 is 0 Å². The van der Waals surface area contributed by atoms with E-state index in [9.17, 15) is 15.2 Å². The molecule has 0 saturated carbocycles. The van der Waals surface area contributed by atoms with E-state index >= 15 is 0 Å². The number of nitriles is 1. The van der Waals surface area contributed by atoms with Crippen LogP contribution >= 0.6 is 11.3 Å². The van der Waals surface area contributed by atoms with Crippen LogP contribution in [0.15, 0.2) is 54.1 Å². The van der Waals surface area contributed by atoms with Crippen LogP contribution in [0.4, 0.5) is 5.69 Å². The van der Waals surface area contributed by atoms with Gasteiger partial charge < -0.3 is 25.6 Å². The van der Waals surface area contributed by atoms with Crippen molar-refractivity contribution in [1.29, 1.82) is 5.26 Å². The van der Waals surface area contributed by atoms with E-state index in [0.717, 1.165) is 71.2 Å². The second-order valence-electron chi connectivity index (χ2n) is 8.98. The molecule has 0 bridgehead atoms. The summed E-state index contributed by atoms with van der Waals surface area (Å²) in [6, 6.07) is 18.6. The largest absolute Gasteiger partial charge is 0.394 e. The zero-order valence-electron chi connectivity index (χ0n) is 22.9. The zero-order valence-corrected chi connectivity index (χ0v) is 23.7. The van der Waals surface area contributed by atoms with Gasteiger partial charge in [0.1, 0.15) is 11.6 Å². The molecule has 39 heavy (non-hydrogen) atoms. The smallest absolute Gasteiger partial charge is 0.262 e. The number of fused-ring (bicyclic) bond motifs is 1. The van der Waals surface area contributed by atoms with Gasteiger partial charge in [-0.25, -0.2) is 0 Å². The van der Waals surface area contributed by atoms with Gasteiger partial charge in [0.05, 0.1) is 25.9 Å². The van der Waals surface area contributed by atoms with Gasteiger partial charge in [-0.15, -0.1) is 11.3 Å². The van der Waals surface area contributed by atoms with E-state index < -0.39 is 18.6 Å². The van der Waals surface area contributed by atoms with E-state index in [1.54, 1.807) is 6.92 Å². The molecule has 1 saturated heterocycles. The number of allylic oxidation sites excluding steroid dienone is 1. The van der Waals surface area contributed by atoms with E-state index in [2.05, 4.69) is 51.9 Å². The summed E-state index contributed by atoms with van der Waals surface area (Å²) in [4.78, 5) is 16.7. The van der Waals surface area contributed by atoms with Gasteiger partial charge in [0, 0.05) is 48.2 Å². The third kappa shape index (κ3) is 8.36. The second-order valence-corrected chi connectivity index (χ2v) is 10.1. The van der Waals surface area contributed by atoms with Crippen molar-refractivity contribution in [1.82, 2.24) is 10.2 Å². The lowest BCUT2D eigenvalue weighted by molar-refractivity contribution is -0.117. The Labute approximate surface area is 234 Å². The molecule has 1 aliphatic rings. The Morgan fingerprint density at radius 3 is 2.56 bits per heavy atom. The fourth-order valence-corrected chi connectivity index (χ4v) is 5.19. The Balaban J connectivity index is 0.00000205. The quantitative estimate of drug-likeness (QED) is 0.222. The highest BCUT2D eigenvalue weighted by Gasteiger charge is 2.17. The lowest BCUT2D eigenvalue weighted by atomic mass is 10.1. The van der Waals surface area contributed by atoms with Crippen LogP contribution in [-0.4, -0.2) is 79.7 Å². The number of benzene rings is 2. The number of rotatable bonds is 10. The summed E-state index contributed by atoms with van der Waals surface area (Å²) in [7, 11) is 0. The van der Waals surface area contributed by atoms with Crippen LogP contribution in [-0.2, 0) is 9.53 Å². The monoisotopic (exact) mass is 550 g/mol. The molecule has 4 N–H and O–H groups in total. The fourth-order valence-electron chi connectivity index (χ4n) is 4.18. The minimum absolute atomic E-state index is 0.00861. The van der Waals surface area contributed by atoms with Gasteiger partial charge in [-0.2, -0.15) is 5.26 Å². The number of ether oxygens (including phenoxy) is 1. The molecular weight excluding hydrogens is 512 g/mol. The number of aliphatic hydroxyl groups excluding tert-OH is 2. The number of anilines is 1. The summed E-state index contributed by atoms with van der Waals surface area (Å²) in [6.07, 6.45) is -1.06. The molecule has 1 unspecified atom stereocenters. The summed E-state index contributed by atoms with van der Waals surface area (Å²) in [5.41, 5.74) is 2.73. The normalized spacial score (nSPS) is 15.0. The Hall–Kier alpha value is -3.26. The molecular formula is C30H38N4O4S. The highest BCUT2D eigenvalue weighted by atomic mass is 32.1. The molecule has 1 amide bonds. The molecule has 4 rings (SSSR count). The number of nitrogens with zero attached hydrogens (tertiary/aromatic N) is 2. The molecule has 2 heterocycles. The maximum Gasteiger partial charge on any atom is 0.262 e. The predicted molar refractivity (Wildman–Crippen MR) is 159 cm³/mol. The minimum atomic E-state index is -1.06. The van der Waals surface area contributed by atoms with Gasteiger partial charge in [0.25, 0.3) is 5.91 Å².